The molecule has 0 radical (unpaired) electrons. The first-order valence-corrected chi connectivity index (χ1v) is 10.3. The van der Waals surface area contributed by atoms with Crippen LogP contribution in [0.5, 0.6) is 11.5 Å². The molecule has 4 aromatic rings. The second-order valence-electron chi connectivity index (χ2n) is 7.15. The Labute approximate surface area is 190 Å². The van der Waals surface area contributed by atoms with Crippen molar-refractivity contribution in [3.05, 3.63) is 99.3 Å². The largest absolute Gasteiger partial charge is 0.497 e. The lowest BCUT2D eigenvalue weighted by atomic mass is 10.1. The average molecular weight is 449 g/mol. The first kappa shape index (κ1) is 21.5. The van der Waals surface area contributed by atoms with Crippen LogP contribution < -0.4 is 19.9 Å². The number of rotatable bonds is 6. The summed E-state index contributed by atoms with van der Waals surface area (Å²) in [6.07, 6.45) is 0. The van der Waals surface area contributed by atoms with Crippen LogP contribution in [0.3, 0.4) is 0 Å². The van der Waals surface area contributed by atoms with Gasteiger partial charge in [-0.05, 0) is 54.6 Å². The van der Waals surface area contributed by atoms with Crippen LogP contribution in [0.2, 0.25) is 5.02 Å². The molecule has 0 spiro atoms. The Balaban J connectivity index is 1.82. The Morgan fingerprint density at radius 1 is 0.969 bits per heavy atom. The number of H-pyrrole nitrogens is 1. The number of nitrogens with zero attached hydrogens (tertiary/aromatic N) is 1. The minimum absolute atomic E-state index is 0.0359. The lowest BCUT2D eigenvalue weighted by Gasteiger charge is -2.25. The Hall–Kier alpha value is -3.77. The number of benzene rings is 3. The number of fused-ring (bicyclic) bond motifs is 1. The number of aromatic amines is 1. The molecule has 0 saturated carbocycles. The highest BCUT2D eigenvalue weighted by molar-refractivity contribution is 6.31. The van der Waals surface area contributed by atoms with Gasteiger partial charge < -0.3 is 19.4 Å². The van der Waals surface area contributed by atoms with Gasteiger partial charge in [0.15, 0.2) is 0 Å². The Morgan fingerprint density at radius 3 is 2.53 bits per heavy atom. The Bertz CT molecular complexity index is 1350. The van der Waals surface area contributed by atoms with Crippen LogP contribution in [0.15, 0.2) is 77.6 Å². The van der Waals surface area contributed by atoms with Crippen LogP contribution in [-0.2, 0) is 6.54 Å². The molecule has 32 heavy (non-hydrogen) atoms. The second-order valence-corrected chi connectivity index (χ2v) is 7.59. The van der Waals surface area contributed by atoms with E-state index < -0.39 is 0 Å². The number of halogens is 1. The topological polar surface area (TPSA) is 71.6 Å². The Morgan fingerprint density at radius 2 is 1.78 bits per heavy atom. The van der Waals surface area contributed by atoms with Crippen molar-refractivity contribution < 1.29 is 14.3 Å². The van der Waals surface area contributed by atoms with Crippen LogP contribution in [0.4, 0.5) is 5.69 Å². The SMILES string of the molecule is COc1ccc2[nH]c(=O)c(CN(C(=O)c3cccc(Cl)c3)c3ccccc3OC)cc2c1. The van der Waals surface area contributed by atoms with Crippen molar-refractivity contribution in [1.29, 1.82) is 0 Å². The van der Waals surface area contributed by atoms with Crippen LogP contribution in [0.25, 0.3) is 10.9 Å². The summed E-state index contributed by atoms with van der Waals surface area (Å²) < 4.78 is 10.8. The number of methoxy groups -OCH3 is 2. The van der Waals surface area contributed by atoms with E-state index >= 15 is 0 Å². The van der Waals surface area contributed by atoms with Gasteiger partial charge in [0.1, 0.15) is 11.5 Å². The van der Waals surface area contributed by atoms with Gasteiger partial charge in [0, 0.05) is 27.1 Å². The third-order valence-corrected chi connectivity index (χ3v) is 5.38. The summed E-state index contributed by atoms with van der Waals surface area (Å²) in [5, 5.41) is 1.25. The molecule has 1 aromatic heterocycles. The van der Waals surface area contributed by atoms with E-state index in [4.69, 9.17) is 21.1 Å². The molecule has 0 fully saturated rings. The minimum atomic E-state index is -0.304. The van der Waals surface area contributed by atoms with E-state index in [2.05, 4.69) is 4.98 Å². The fourth-order valence-electron chi connectivity index (χ4n) is 3.54. The van der Waals surface area contributed by atoms with E-state index in [9.17, 15) is 9.59 Å². The van der Waals surface area contributed by atoms with Gasteiger partial charge in [-0.3, -0.25) is 9.59 Å². The second kappa shape index (κ2) is 9.16. The predicted octanol–water partition coefficient (Wildman–Crippen LogP) is 5.05. The predicted molar refractivity (Wildman–Crippen MR) is 126 cm³/mol. The van der Waals surface area contributed by atoms with Crippen LogP contribution in [0, 0.1) is 0 Å². The standard InChI is InChI=1S/C25H21ClN2O4/c1-31-20-10-11-21-17(14-20)12-18(24(29)27-21)15-28(22-8-3-4-9-23(22)32-2)25(30)16-6-5-7-19(26)13-16/h3-14H,15H2,1-2H3,(H,27,29). The smallest absolute Gasteiger partial charge is 0.258 e. The van der Waals surface area contributed by atoms with Gasteiger partial charge in [-0.2, -0.15) is 0 Å². The quantitative estimate of drug-likeness (QED) is 0.448. The lowest BCUT2D eigenvalue weighted by molar-refractivity contribution is 0.0984. The molecular formula is C25H21ClN2O4. The summed E-state index contributed by atoms with van der Waals surface area (Å²) in [6.45, 7) is 0.0359. The summed E-state index contributed by atoms with van der Waals surface area (Å²) in [7, 11) is 3.12. The summed E-state index contributed by atoms with van der Waals surface area (Å²) in [5.41, 5.74) is 1.78. The van der Waals surface area contributed by atoms with E-state index in [1.54, 1.807) is 61.7 Å². The van der Waals surface area contributed by atoms with E-state index in [1.165, 1.54) is 12.0 Å². The number of hydrogen-bond donors (Lipinski definition) is 1. The number of pyridine rings is 1. The number of carbonyl (C=O) groups is 1. The molecule has 0 aliphatic heterocycles. The molecule has 0 aliphatic rings. The maximum Gasteiger partial charge on any atom is 0.258 e. The van der Waals surface area contributed by atoms with Gasteiger partial charge in [0.2, 0.25) is 0 Å². The molecule has 1 amide bonds. The number of nitrogens with one attached hydrogen (secondary N) is 1. The number of para-hydroxylation sites is 2. The van der Waals surface area contributed by atoms with Gasteiger partial charge >= 0.3 is 0 Å². The van der Waals surface area contributed by atoms with Crippen LogP contribution in [-0.4, -0.2) is 25.1 Å². The molecule has 0 bridgehead atoms. The van der Waals surface area contributed by atoms with Gasteiger partial charge in [-0.25, -0.2) is 0 Å². The lowest BCUT2D eigenvalue weighted by Crippen LogP contribution is -2.33. The normalized spacial score (nSPS) is 10.7. The molecule has 1 N–H and O–H groups in total. The van der Waals surface area contributed by atoms with E-state index in [0.29, 0.717) is 38.9 Å². The average Bonchev–Trinajstić information content (AvgIpc) is 2.82. The first-order chi connectivity index (χ1) is 15.5. The van der Waals surface area contributed by atoms with E-state index in [1.807, 2.05) is 18.2 Å². The van der Waals surface area contributed by atoms with E-state index in [0.717, 1.165) is 5.39 Å². The van der Waals surface area contributed by atoms with Crippen molar-refractivity contribution in [3.63, 3.8) is 0 Å². The van der Waals surface area contributed by atoms with Crippen molar-refractivity contribution in [2.75, 3.05) is 19.1 Å². The maximum atomic E-state index is 13.5. The van der Waals surface area contributed by atoms with Crippen LogP contribution in [0.1, 0.15) is 15.9 Å². The number of hydrogen-bond acceptors (Lipinski definition) is 4. The number of ether oxygens (including phenoxy) is 2. The van der Waals surface area contributed by atoms with Gasteiger partial charge in [-0.1, -0.05) is 29.8 Å². The van der Waals surface area contributed by atoms with Gasteiger partial charge in [0.25, 0.3) is 11.5 Å². The molecule has 3 aromatic carbocycles. The third kappa shape index (κ3) is 4.31. The summed E-state index contributed by atoms with van der Waals surface area (Å²) >= 11 is 6.12. The fourth-order valence-corrected chi connectivity index (χ4v) is 3.73. The zero-order valence-electron chi connectivity index (χ0n) is 17.6. The first-order valence-electron chi connectivity index (χ1n) is 9.90. The zero-order valence-corrected chi connectivity index (χ0v) is 18.3. The number of anilines is 1. The number of carbonyl (C=O) groups excluding carboxylic acids is 1. The summed E-state index contributed by atoms with van der Waals surface area (Å²) in [4.78, 5) is 30.8. The highest BCUT2D eigenvalue weighted by atomic mass is 35.5. The van der Waals surface area contributed by atoms with Crippen molar-refractivity contribution in [1.82, 2.24) is 4.98 Å². The number of amides is 1. The van der Waals surface area contributed by atoms with Crippen molar-refractivity contribution in [2.24, 2.45) is 0 Å². The molecule has 0 atom stereocenters. The van der Waals surface area contributed by atoms with Crippen molar-refractivity contribution in [3.8, 4) is 11.5 Å². The fraction of sp³-hybridized carbons (Fsp3) is 0.120. The summed E-state index contributed by atoms with van der Waals surface area (Å²) in [6, 6.07) is 21.0. The highest BCUT2D eigenvalue weighted by Gasteiger charge is 2.23. The molecular weight excluding hydrogens is 428 g/mol. The number of aromatic nitrogens is 1. The highest BCUT2D eigenvalue weighted by Crippen LogP contribution is 2.31. The van der Waals surface area contributed by atoms with Crippen molar-refractivity contribution >= 4 is 34.1 Å². The third-order valence-electron chi connectivity index (χ3n) is 5.15. The van der Waals surface area contributed by atoms with E-state index in [-0.39, 0.29) is 18.0 Å². The van der Waals surface area contributed by atoms with Crippen molar-refractivity contribution in [2.45, 2.75) is 6.54 Å². The molecule has 4 rings (SSSR count). The molecule has 162 valence electrons. The molecule has 0 aliphatic carbocycles. The van der Waals surface area contributed by atoms with Gasteiger partial charge in [0.05, 0.1) is 26.5 Å². The maximum absolute atomic E-state index is 13.5. The minimum Gasteiger partial charge on any atom is -0.497 e. The molecule has 1 heterocycles. The Kier molecular flexibility index (Phi) is 6.14. The molecule has 6 nitrogen and oxygen atoms in total. The van der Waals surface area contributed by atoms with Crippen LogP contribution >= 0.6 is 11.6 Å². The monoisotopic (exact) mass is 448 g/mol. The molecule has 7 heteroatoms. The summed E-state index contributed by atoms with van der Waals surface area (Å²) in [5.74, 6) is 0.885. The van der Waals surface area contributed by atoms with Gasteiger partial charge in [-0.15, -0.1) is 0 Å². The molecule has 0 saturated heterocycles. The zero-order chi connectivity index (χ0) is 22.7. The molecule has 0 unspecified atom stereocenters.